The van der Waals surface area contributed by atoms with Crippen LogP contribution in [0.25, 0.3) is 6.08 Å². The topological polar surface area (TPSA) is 64.7 Å². The summed E-state index contributed by atoms with van der Waals surface area (Å²) in [5, 5.41) is 0. The molecule has 0 N–H and O–H groups in total. The van der Waals surface area contributed by atoms with Crippen molar-refractivity contribution < 1.29 is 13.9 Å². The van der Waals surface area contributed by atoms with Gasteiger partial charge in [0.05, 0.1) is 6.26 Å². The van der Waals surface area contributed by atoms with Gasteiger partial charge in [0, 0.05) is 25.2 Å². The predicted octanol–water partition coefficient (Wildman–Crippen LogP) is 2.60. The van der Waals surface area contributed by atoms with E-state index in [2.05, 4.69) is 9.98 Å². The fourth-order valence-electron chi connectivity index (χ4n) is 1.86. The highest BCUT2D eigenvalue weighted by Crippen LogP contribution is 2.17. The number of hydrogen-bond donors (Lipinski definition) is 0. The van der Waals surface area contributed by atoms with Crippen molar-refractivity contribution in [2.24, 2.45) is 4.99 Å². The van der Waals surface area contributed by atoms with Gasteiger partial charge in [0.1, 0.15) is 5.76 Å². The molecule has 100 valence electrons. The molecule has 5 heteroatoms. The number of carbonyl (C=O) groups excluding carboxylic acids is 1. The second-order valence-corrected chi connectivity index (χ2v) is 4.28. The van der Waals surface area contributed by atoms with Crippen molar-refractivity contribution in [3.8, 4) is 0 Å². The molecule has 0 fully saturated rings. The SMILES string of the molecule is O=C1OC(CCc2ccco2)=N/C1=C/c1ccncc1. The van der Waals surface area contributed by atoms with E-state index in [0.717, 1.165) is 11.3 Å². The van der Waals surface area contributed by atoms with Crippen molar-refractivity contribution in [3.63, 3.8) is 0 Å². The maximum atomic E-state index is 11.7. The molecule has 0 aromatic carbocycles. The molecule has 1 aliphatic heterocycles. The van der Waals surface area contributed by atoms with Gasteiger partial charge in [0.2, 0.25) is 0 Å². The molecule has 0 saturated heterocycles. The third-order valence-electron chi connectivity index (χ3n) is 2.84. The third kappa shape index (κ3) is 2.83. The second-order valence-electron chi connectivity index (χ2n) is 4.28. The molecule has 0 saturated carbocycles. The van der Waals surface area contributed by atoms with E-state index in [4.69, 9.17) is 9.15 Å². The molecule has 5 nitrogen and oxygen atoms in total. The minimum absolute atomic E-state index is 0.311. The van der Waals surface area contributed by atoms with E-state index >= 15 is 0 Å². The summed E-state index contributed by atoms with van der Waals surface area (Å²) in [4.78, 5) is 19.8. The lowest BCUT2D eigenvalue weighted by atomic mass is 10.2. The normalized spacial score (nSPS) is 16.3. The lowest BCUT2D eigenvalue weighted by molar-refractivity contribution is -0.130. The molecule has 2 aromatic rings. The van der Waals surface area contributed by atoms with E-state index in [9.17, 15) is 4.79 Å². The highest BCUT2D eigenvalue weighted by molar-refractivity contribution is 6.07. The van der Waals surface area contributed by atoms with Gasteiger partial charge >= 0.3 is 5.97 Å². The van der Waals surface area contributed by atoms with Crippen molar-refractivity contribution in [3.05, 3.63) is 59.9 Å². The lowest BCUT2D eigenvalue weighted by Crippen LogP contribution is -2.04. The largest absolute Gasteiger partial charge is 0.469 e. The Morgan fingerprint density at radius 2 is 2.00 bits per heavy atom. The molecular formula is C15H12N2O3. The second kappa shape index (κ2) is 5.52. The van der Waals surface area contributed by atoms with E-state index < -0.39 is 5.97 Å². The van der Waals surface area contributed by atoms with Gasteiger partial charge in [-0.3, -0.25) is 4.98 Å². The number of furan rings is 1. The summed E-state index contributed by atoms with van der Waals surface area (Å²) in [6.45, 7) is 0. The van der Waals surface area contributed by atoms with E-state index in [1.54, 1.807) is 36.9 Å². The predicted molar refractivity (Wildman–Crippen MR) is 72.8 cm³/mol. The lowest BCUT2D eigenvalue weighted by Gasteiger charge is -1.96. The average molecular weight is 268 g/mol. The zero-order valence-corrected chi connectivity index (χ0v) is 10.7. The van der Waals surface area contributed by atoms with E-state index in [1.165, 1.54) is 0 Å². The highest BCUT2D eigenvalue weighted by Gasteiger charge is 2.22. The van der Waals surface area contributed by atoms with Crippen molar-refractivity contribution in [1.29, 1.82) is 0 Å². The molecular weight excluding hydrogens is 256 g/mol. The van der Waals surface area contributed by atoms with Crippen LogP contribution in [0.4, 0.5) is 0 Å². The van der Waals surface area contributed by atoms with Crippen LogP contribution in [0.5, 0.6) is 0 Å². The average Bonchev–Trinajstić information content (AvgIpc) is 3.08. The fourth-order valence-corrected chi connectivity index (χ4v) is 1.86. The number of esters is 1. The summed E-state index contributed by atoms with van der Waals surface area (Å²) in [6, 6.07) is 7.31. The number of aliphatic imine (C=N–C) groups is 1. The maximum Gasteiger partial charge on any atom is 0.363 e. The van der Waals surface area contributed by atoms with E-state index in [-0.39, 0.29) is 0 Å². The zero-order chi connectivity index (χ0) is 13.8. The molecule has 20 heavy (non-hydrogen) atoms. The van der Waals surface area contributed by atoms with Crippen LogP contribution in [0.1, 0.15) is 17.7 Å². The summed E-state index contributed by atoms with van der Waals surface area (Å²) in [5.74, 6) is 0.846. The van der Waals surface area contributed by atoms with Gasteiger partial charge in [0.15, 0.2) is 11.6 Å². The molecule has 0 unspecified atom stereocenters. The molecule has 1 aliphatic rings. The Hall–Kier alpha value is -2.69. The molecule has 0 aliphatic carbocycles. The number of aryl methyl sites for hydroxylation is 1. The van der Waals surface area contributed by atoms with Crippen molar-refractivity contribution >= 4 is 17.9 Å². The van der Waals surface area contributed by atoms with Crippen molar-refractivity contribution in [1.82, 2.24) is 4.98 Å². The standard InChI is InChI=1S/C15H12N2O3/c18-15-13(10-11-5-7-16-8-6-11)17-14(20-15)4-3-12-2-1-9-19-12/h1-2,5-10H,3-4H2/b13-10+. The summed E-state index contributed by atoms with van der Waals surface area (Å²) in [5.41, 5.74) is 1.17. The molecule has 3 rings (SSSR count). The van der Waals surface area contributed by atoms with Crippen molar-refractivity contribution in [2.75, 3.05) is 0 Å². The Balaban J connectivity index is 1.70. The van der Waals surface area contributed by atoms with E-state index in [1.807, 2.05) is 12.1 Å². The first kappa shape index (κ1) is 12.3. The number of nitrogens with zero attached hydrogens (tertiary/aromatic N) is 2. The quantitative estimate of drug-likeness (QED) is 0.631. The van der Waals surface area contributed by atoms with Crippen LogP contribution >= 0.6 is 0 Å². The van der Waals surface area contributed by atoms with Crippen LogP contribution in [-0.2, 0) is 16.0 Å². The fraction of sp³-hybridized carbons (Fsp3) is 0.133. The first-order valence-corrected chi connectivity index (χ1v) is 6.25. The molecule has 0 amide bonds. The monoisotopic (exact) mass is 268 g/mol. The van der Waals surface area contributed by atoms with Gasteiger partial charge in [-0.15, -0.1) is 0 Å². The first-order chi connectivity index (χ1) is 9.81. The molecule has 0 atom stereocenters. The maximum absolute atomic E-state index is 11.7. The summed E-state index contributed by atoms with van der Waals surface area (Å²) < 4.78 is 10.4. The van der Waals surface area contributed by atoms with Gasteiger partial charge in [-0.2, -0.15) is 0 Å². The Morgan fingerprint density at radius 3 is 2.75 bits per heavy atom. The number of carbonyl (C=O) groups is 1. The van der Waals surface area contributed by atoms with Crippen LogP contribution in [0.2, 0.25) is 0 Å². The van der Waals surface area contributed by atoms with Crippen LogP contribution in [0.15, 0.2) is 58.0 Å². The highest BCUT2D eigenvalue weighted by atomic mass is 16.6. The minimum Gasteiger partial charge on any atom is -0.469 e. The molecule has 2 aromatic heterocycles. The number of cyclic esters (lactones) is 1. The Kier molecular flexibility index (Phi) is 3.41. The molecule has 0 bridgehead atoms. The summed E-state index contributed by atoms with van der Waals surface area (Å²) >= 11 is 0. The molecule has 0 radical (unpaired) electrons. The smallest absolute Gasteiger partial charge is 0.363 e. The van der Waals surface area contributed by atoms with Crippen LogP contribution in [-0.4, -0.2) is 16.9 Å². The van der Waals surface area contributed by atoms with Crippen LogP contribution < -0.4 is 0 Å². The number of hydrogen-bond acceptors (Lipinski definition) is 5. The summed E-state index contributed by atoms with van der Waals surface area (Å²) in [6.07, 6.45) is 7.81. The number of pyridine rings is 1. The number of ether oxygens (including phenoxy) is 1. The van der Waals surface area contributed by atoms with Gasteiger partial charge in [-0.25, -0.2) is 9.79 Å². The molecule has 0 spiro atoms. The summed E-state index contributed by atoms with van der Waals surface area (Å²) in [7, 11) is 0. The Bertz CT molecular complexity index is 658. The zero-order valence-electron chi connectivity index (χ0n) is 10.7. The third-order valence-corrected chi connectivity index (χ3v) is 2.84. The first-order valence-electron chi connectivity index (χ1n) is 6.25. The number of aromatic nitrogens is 1. The van der Waals surface area contributed by atoms with Crippen LogP contribution in [0, 0.1) is 0 Å². The van der Waals surface area contributed by atoms with Gasteiger partial charge < -0.3 is 9.15 Å². The Morgan fingerprint density at radius 1 is 1.15 bits per heavy atom. The van der Waals surface area contributed by atoms with Crippen molar-refractivity contribution in [2.45, 2.75) is 12.8 Å². The molecule has 3 heterocycles. The van der Waals surface area contributed by atoms with Gasteiger partial charge in [-0.1, -0.05) is 0 Å². The minimum atomic E-state index is -0.420. The Labute approximate surface area is 115 Å². The van der Waals surface area contributed by atoms with Gasteiger partial charge in [-0.05, 0) is 35.9 Å². The van der Waals surface area contributed by atoms with Crippen LogP contribution in [0.3, 0.4) is 0 Å². The van der Waals surface area contributed by atoms with Gasteiger partial charge in [0.25, 0.3) is 0 Å². The number of rotatable bonds is 4. The van der Waals surface area contributed by atoms with E-state index in [0.29, 0.717) is 24.4 Å².